The summed E-state index contributed by atoms with van der Waals surface area (Å²) in [5.74, 6) is -0.256. The number of amides is 1. The molecule has 0 aliphatic heterocycles. The number of aliphatic hydroxyl groups is 1. The van der Waals surface area contributed by atoms with E-state index >= 15 is 0 Å². The number of carbonyl (C=O) groups excluding carboxylic acids is 1. The van der Waals surface area contributed by atoms with Crippen LogP contribution in [0.1, 0.15) is 19.8 Å². The Kier molecular flexibility index (Phi) is 5.72. The van der Waals surface area contributed by atoms with Gasteiger partial charge < -0.3 is 14.9 Å². The number of hydrogen-bond acceptors (Lipinski definition) is 2. The highest BCUT2D eigenvalue weighted by atomic mass is 16.3. The normalized spacial score (nSPS) is 13.8. The van der Waals surface area contributed by atoms with Crippen molar-refractivity contribution in [3.05, 3.63) is 0 Å². The van der Waals surface area contributed by atoms with Crippen molar-refractivity contribution in [1.82, 2.24) is 5.32 Å². The minimum atomic E-state index is -0.848. The quantitative estimate of drug-likeness (QED) is 0.470. The maximum Gasteiger partial charge on any atom is 0.248 e. The summed E-state index contributed by atoms with van der Waals surface area (Å²) in [7, 11) is 6.34. The molecule has 4 heteroatoms. The van der Waals surface area contributed by atoms with Crippen molar-refractivity contribution in [3.63, 3.8) is 0 Å². The molecule has 1 atom stereocenters. The molecule has 1 amide bonds. The Hall–Kier alpha value is -0.610. The predicted molar refractivity (Wildman–Crippen MR) is 56.8 cm³/mol. The van der Waals surface area contributed by atoms with Crippen LogP contribution in [0.3, 0.4) is 0 Å². The Balaban J connectivity index is 3.51. The fraction of sp³-hybridized carbons (Fsp3) is 0.900. The highest BCUT2D eigenvalue weighted by Crippen LogP contribution is 1.93. The number of aliphatic hydroxyl groups excluding tert-OH is 1. The number of nitrogens with zero attached hydrogens (tertiary/aromatic N) is 1. The van der Waals surface area contributed by atoms with Crippen LogP contribution in [0.4, 0.5) is 0 Å². The minimum Gasteiger partial charge on any atom is -0.383 e. The first-order valence-corrected chi connectivity index (χ1v) is 5.13. The van der Waals surface area contributed by atoms with Gasteiger partial charge in [0.25, 0.3) is 0 Å². The Bertz CT molecular complexity index is 175. The number of carbonyl (C=O) groups is 1. The molecule has 0 saturated heterocycles. The first-order chi connectivity index (χ1) is 6.37. The Morgan fingerprint density at radius 3 is 2.43 bits per heavy atom. The molecule has 14 heavy (non-hydrogen) atoms. The highest BCUT2D eigenvalue weighted by Gasteiger charge is 2.12. The van der Waals surface area contributed by atoms with Gasteiger partial charge in [-0.3, -0.25) is 4.79 Å². The molecule has 0 rings (SSSR count). The van der Waals surface area contributed by atoms with Crippen LogP contribution in [0.5, 0.6) is 0 Å². The standard InChI is InChI=1S/C10H22N2O2/c1-5-9(13)10(14)11-7-6-8-12(2,3)4/h9,13H,5-8H2,1-4H3/p+1. The molecule has 0 fully saturated rings. The third-order valence-electron chi connectivity index (χ3n) is 1.99. The van der Waals surface area contributed by atoms with Gasteiger partial charge in [-0.25, -0.2) is 0 Å². The van der Waals surface area contributed by atoms with Crippen molar-refractivity contribution < 1.29 is 14.4 Å². The number of quaternary nitrogens is 1. The van der Waals surface area contributed by atoms with Crippen LogP contribution < -0.4 is 5.32 Å². The second kappa shape index (κ2) is 5.98. The van der Waals surface area contributed by atoms with Gasteiger partial charge in [-0.05, 0) is 6.42 Å². The SMILES string of the molecule is CCC(O)C(=O)NCCC[N+](C)(C)C. The second-order valence-electron chi connectivity index (χ2n) is 4.58. The van der Waals surface area contributed by atoms with E-state index in [0.717, 1.165) is 17.4 Å². The molecule has 0 radical (unpaired) electrons. The molecule has 0 saturated carbocycles. The van der Waals surface area contributed by atoms with E-state index in [1.807, 2.05) is 0 Å². The monoisotopic (exact) mass is 203 g/mol. The molecule has 0 aliphatic carbocycles. The zero-order valence-corrected chi connectivity index (χ0v) is 9.71. The summed E-state index contributed by atoms with van der Waals surface area (Å²) in [6.07, 6.45) is 0.562. The average molecular weight is 203 g/mol. The van der Waals surface area contributed by atoms with Gasteiger partial charge in [0.05, 0.1) is 27.7 Å². The lowest BCUT2D eigenvalue weighted by Crippen LogP contribution is -2.39. The molecule has 0 aromatic rings. The zero-order chi connectivity index (χ0) is 11.2. The molecule has 0 spiro atoms. The third-order valence-corrected chi connectivity index (χ3v) is 1.99. The lowest BCUT2D eigenvalue weighted by atomic mass is 10.2. The molecule has 0 aromatic carbocycles. The molecule has 0 aliphatic rings. The summed E-state index contributed by atoms with van der Waals surface area (Å²) in [5, 5.41) is 11.9. The molecule has 1 unspecified atom stereocenters. The van der Waals surface area contributed by atoms with Crippen molar-refractivity contribution in [2.75, 3.05) is 34.2 Å². The van der Waals surface area contributed by atoms with Gasteiger partial charge in [-0.1, -0.05) is 6.92 Å². The van der Waals surface area contributed by atoms with E-state index in [2.05, 4.69) is 26.5 Å². The lowest BCUT2D eigenvalue weighted by Gasteiger charge is -2.23. The molecule has 84 valence electrons. The van der Waals surface area contributed by atoms with E-state index in [1.54, 1.807) is 6.92 Å². The van der Waals surface area contributed by atoms with Gasteiger partial charge >= 0.3 is 0 Å². The van der Waals surface area contributed by atoms with Crippen LogP contribution in [0.25, 0.3) is 0 Å². The van der Waals surface area contributed by atoms with E-state index in [1.165, 1.54) is 0 Å². The molecular formula is C10H23N2O2+. The Labute approximate surface area is 86.5 Å². The number of hydrogen-bond donors (Lipinski definition) is 2. The summed E-state index contributed by atoms with van der Waals surface area (Å²) in [5.41, 5.74) is 0. The van der Waals surface area contributed by atoms with Crippen LogP contribution in [0.2, 0.25) is 0 Å². The summed E-state index contributed by atoms with van der Waals surface area (Å²) in [6, 6.07) is 0. The Morgan fingerprint density at radius 2 is 2.00 bits per heavy atom. The molecule has 0 aromatic heterocycles. The Morgan fingerprint density at radius 1 is 1.43 bits per heavy atom. The summed E-state index contributed by atoms with van der Waals surface area (Å²) in [6.45, 7) is 3.45. The maximum atomic E-state index is 11.1. The predicted octanol–water partition coefficient (Wildman–Crippen LogP) is -0.0302. The molecule has 0 heterocycles. The van der Waals surface area contributed by atoms with Crippen molar-refractivity contribution in [2.24, 2.45) is 0 Å². The van der Waals surface area contributed by atoms with Gasteiger partial charge in [-0.2, -0.15) is 0 Å². The minimum absolute atomic E-state index is 0.256. The first kappa shape index (κ1) is 13.4. The van der Waals surface area contributed by atoms with Gasteiger partial charge in [0, 0.05) is 13.0 Å². The van der Waals surface area contributed by atoms with E-state index in [-0.39, 0.29) is 5.91 Å². The largest absolute Gasteiger partial charge is 0.383 e. The van der Waals surface area contributed by atoms with Crippen molar-refractivity contribution in [1.29, 1.82) is 0 Å². The van der Waals surface area contributed by atoms with Gasteiger partial charge in [0.15, 0.2) is 0 Å². The van der Waals surface area contributed by atoms with E-state index < -0.39 is 6.10 Å². The van der Waals surface area contributed by atoms with Crippen LogP contribution in [0, 0.1) is 0 Å². The third kappa shape index (κ3) is 6.86. The molecular weight excluding hydrogens is 180 g/mol. The fourth-order valence-corrected chi connectivity index (χ4v) is 1.07. The maximum absolute atomic E-state index is 11.1. The van der Waals surface area contributed by atoms with Crippen molar-refractivity contribution in [2.45, 2.75) is 25.9 Å². The number of nitrogens with one attached hydrogen (secondary N) is 1. The topological polar surface area (TPSA) is 49.3 Å². The lowest BCUT2D eigenvalue weighted by molar-refractivity contribution is -0.870. The molecule has 0 bridgehead atoms. The van der Waals surface area contributed by atoms with Crippen LogP contribution in [0.15, 0.2) is 0 Å². The first-order valence-electron chi connectivity index (χ1n) is 5.13. The molecule has 2 N–H and O–H groups in total. The van der Waals surface area contributed by atoms with E-state index in [4.69, 9.17) is 5.11 Å². The van der Waals surface area contributed by atoms with Gasteiger partial charge in [-0.15, -0.1) is 0 Å². The van der Waals surface area contributed by atoms with Gasteiger partial charge in [0.2, 0.25) is 5.91 Å². The van der Waals surface area contributed by atoms with Crippen LogP contribution in [-0.4, -0.2) is 55.8 Å². The average Bonchev–Trinajstić information content (AvgIpc) is 2.09. The van der Waals surface area contributed by atoms with E-state index in [9.17, 15) is 4.79 Å². The number of rotatable bonds is 6. The van der Waals surface area contributed by atoms with Gasteiger partial charge in [0.1, 0.15) is 6.10 Å². The summed E-state index contributed by atoms with van der Waals surface area (Å²) >= 11 is 0. The fourth-order valence-electron chi connectivity index (χ4n) is 1.07. The van der Waals surface area contributed by atoms with Crippen LogP contribution in [-0.2, 0) is 4.79 Å². The summed E-state index contributed by atoms with van der Waals surface area (Å²) in [4.78, 5) is 11.1. The molecule has 4 nitrogen and oxygen atoms in total. The van der Waals surface area contributed by atoms with Crippen molar-refractivity contribution >= 4 is 5.91 Å². The summed E-state index contributed by atoms with van der Waals surface area (Å²) < 4.78 is 0.895. The highest BCUT2D eigenvalue weighted by molar-refractivity contribution is 5.80. The zero-order valence-electron chi connectivity index (χ0n) is 9.71. The van der Waals surface area contributed by atoms with Crippen molar-refractivity contribution in [3.8, 4) is 0 Å². The van der Waals surface area contributed by atoms with E-state index in [0.29, 0.717) is 13.0 Å². The smallest absolute Gasteiger partial charge is 0.248 e. The second-order valence-corrected chi connectivity index (χ2v) is 4.58. The van der Waals surface area contributed by atoms with Crippen LogP contribution >= 0.6 is 0 Å².